The average Bonchev–Trinajstić information content (AvgIpc) is 3.31. The molecule has 0 aromatic heterocycles. The van der Waals surface area contributed by atoms with Crippen molar-refractivity contribution in [1.29, 1.82) is 0 Å². The second-order valence-corrected chi connectivity index (χ2v) is 5.66. The molecule has 4 nitrogen and oxygen atoms in total. The molecule has 0 aliphatic carbocycles. The number of esters is 1. The standard InChI is InChI=1S/C18H26O4/c1-2-3-4-5-9-12-21-17(19)14-20-13-16-18(22-16)15-10-7-6-8-11-15/h6-8,10-11,16,18H,2-5,9,12-14H2,1H3/t16-,18?/m1/s1. The molecule has 122 valence electrons. The first-order valence-corrected chi connectivity index (χ1v) is 8.25. The zero-order valence-corrected chi connectivity index (χ0v) is 13.3. The number of carbonyl (C=O) groups is 1. The van der Waals surface area contributed by atoms with Gasteiger partial charge < -0.3 is 14.2 Å². The van der Waals surface area contributed by atoms with Crippen molar-refractivity contribution in [3.05, 3.63) is 35.9 Å². The summed E-state index contributed by atoms with van der Waals surface area (Å²) >= 11 is 0. The number of carbonyl (C=O) groups excluding carboxylic acids is 1. The van der Waals surface area contributed by atoms with Crippen LogP contribution in [-0.2, 0) is 19.0 Å². The van der Waals surface area contributed by atoms with Crippen LogP contribution in [0.5, 0.6) is 0 Å². The van der Waals surface area contributed by atoms with E-state index < -0.39 is 0 Å². The Labute approximate surface area is 132 Å². The van der Waals surface area contributed by atoms with Gasteiger partial charge in [0, 0.05) is 0 Å². The predicted octanol–water partition coefficient (Wildman–Crippen LogP) is 3.66. The SMILES string of the molecule is CCCCCCCOC(=O)COC[C@H]1OC1c1ccccc1. The highest BCUT2D eigenvalue weighted by atomic mass is 16.6. The molecule has 2 atom stereocenters. The van der Waals surface area contributed by atoms with Crippen molar-refractivity contribution in [2.45, 2.75) is 51.2 Å². The summed E-state index contributed by atoms with van der Waals surface area (Å²) in [5.41, 5.74) is 1.16. The molecular weight excluding hydrogens is 280 g/mol. The van der Waals surface area contributed by atoms with Crippen molar-refractivity contribution in [3.63, 3.8) is 0 Å². The minimum absolute atomic E-state index is 0.0102. The molecule has 0 radical (unpaired) electrons. The van der Waals surface area contributed by atoms with E-state index in [0.29, 0.717) is 13.2 Å². The highest BCUT2D eigenvalue weighted by Crippen LogP contribution is 2.38. The first-order chi connectivity index (χ1) is 10.8. The molecule has 1 aliphatic rings. The molecule has 22 heavy (non-hydrogen) atoms. The van der Waals surface area contributed by atoms with Crippen LogP contribution in [0.15, 0.2) is 30.3 Å². The van der Waals surface area contributed by atoms with Crippen molar-refractivity contribution in [2.75, 3.05) is 19.8 Å². The Balaban J connectivity index is 1.47. The van der Waals surface area contributed by atoms with E-state index in [4.69, 9.17) is 14.2 Å². The molecule has 2 rings (SSSR count). The van der Waals surface area contributed by atoms with Gasteiger partial charge in [0.1, 0.15) is 18.8 Å². The second kappa shape index (κ2) is 9.59. The van der Waals surface area contributed by atoms with Crippen molar-refractivity contribution < 1.29 is 19.0 Å². The van der Waals surface area contributed by atoms with Gasteiger partial charge in [-0.3, -0.25) is 0 Å². The minimum atomic E-state index is -0.285. The normalized spacial score (nSPS) is 19.9. The van der Waals surface area contributed by atoms with Gasteiger partial charge >= 0.3 is 5.97 Å². The average molecular weight is 306 g/mol. The van der Waals surface area contributed by atoms with Crippen LogP contribution in [0.3, 0.4) is 0 Å². The topological polar surface area (TPSA) is 48.1 Å². The van der Waals surface area contributed by atoms with E-state index in [1.54, 1.807) is 0 Å². The van der Waals surface area contributed by atoms with E-state index in [2.05, 4.69) is 6.92 Å². The lowest BCUT2D eigenvalue weighted by atomic mass is 10.1. The van der Waals surface area contributed by atoms with Gasteiger partial charge in [0.2, 0.25) is 0 Å². The third-order valence-corrected chi connectivity index (χ3v) is 3.72. The Bertz CT molecular complexity index is 432. The number of hydrogen-bond donors (Lipinski definition) is 0. The molecule has 1 unspecified atom stereocenters. The quantitative estimate of drug-likeness (QED) is 0.356. The summed E-state index contributed by atoms with van der Waals surface area (Å²) in [4.78, 5) is 11.5. The Hall–Kier alpha value is -1.39. The first-order valence-electron chi connectivity index (χ1n) is 8.25. The Kier molecular flexibility index (Phi) is 7.40. The van der Waals surface area contributed by atoms with Crippen LogP contribution >= 0.6 is 0 Å². The van der Waals surface area contributed by atoms with Crippen molar-refractivity contribution in [3.8, 4) is 0 Å². The summed E-state index contributed by atoms with van der Waals surface area (Å²) in [7, 11) is 0. The van der Waals surface area contributed by atoms with Crippen molar-refractivity contribution >= 4 is 5.97 Å². The fourth-order valence-corrected chi connectivity index (χ4v) is 2.40. The third kappa shape index (κ3) is 6.16. The molecule has 0 spiro atoms. The maximum Gasteiger partial charge on any atom is 0.332 e. The van der Waals surface area contributed by atoms with Gasteiger partial charge in [0.25, 0.3) is 0 Å². The van der Waals surface area contributed by atoms with Gasteiger partial charge in [-0.15, -0.1) is 0 Å². The summed E-state index contributed by atoms with van der Waals surface area (Å²) in [5, 5.41) is 0. The molecule has 1 aromatic carbocycles. The van der Waals surface area contributed by atoms with E-state index in [0.717, 1.165) is 18.4 Å². The molecular formula is C18H26O4. The van der Waals surface area contributed by atoms with Gasteiger partial charge in [-0.05, 0) is 12.0 Å². The number of rotatable bonds is 11. The monoisotopic (exact) mass is 306 g/mol. The summed E-state index contributed by atoms with van der Waals surface area (Å²) in [5.74, 6) is -0.285. The Morgan fingerprint density at radius 3 is 2.68 bits per heavy atom. The Morgan fingerprint density at radius 1 is 1.14 bits per heavy atom. The largest absolute Gasteiger partial charge is 0.464 e. The second-order valence-electron chi connectivity index (χ2n) is 5.66. The first kappa shape index (κ1) is 17.0. The van der Waals surface area contributed by atoms with Crippen LogP contribution in [0.4, 0.5) is 0 Å². The van der Waals surface area contributed by atoms with Gasteiger partial charge in [0.15, 0.2) is 0 Å². The maximum absolute atomic E-state index is 11.5. The lowest BCUT2D eigenvalue weighted by Crippen LogP contribution is -2.15. The third-order valence-electron chi connectivity index (χ3n) is 3.72. The fraction of sp³-hybridized carbons (Fsp3) is 0.611. The van der Waals surface area contributed by atoms with Gasteiger partial charge in [-0.25, -0.2) is 4.79 Å². The Morgan fingerprint density at radius 2 is 1.91 bits per heavy atom. The van der Waals surface area contributed by atoms with Crippen molar-refractivity contribution in [2.24, 2.45) is 0 Å². The molecule has 0 bridgehead atoms. The zero-order valence-electron chi connectivity index (χ0n) is 13.3. The van der Waals surface area contributed by atoms with Gasteiger partial charge in [-0.2, -0.15) is 0 Å². The summed E-state index contributed by atoms with van der Waals surface area (Å²) < 4.78 is 16.0. The van der Waals surface area contributed by atoms with E-state index in [1.807, 2.05) is 30.3 Å². The van der Waals surface area contributed by atoms with E-state index in [1.165, 1.54) is 19.3 Å². The molecule has 1 fully saturated rings. The molecule has 0 amide bonds. The number of unbranched alkanes of at least 4 members (excludes halogenated alkanes) is 4. The molecule has 0 saturated carbocycles. The summed E-state index contributed by atoms with van der Waals surface area (Å²) in [6.45, 7) is 3.13. The van der Waals surface area contributed by atoms with E-state index in [-0.39, 0.29) is 24.8 Å². The van der Waals surface area contributed by atoms with Crippen LogP contribution < -0.4 is 0 Å². The maximum atomic E-state index is 11.5. The van der Waals surface area contributed by atoms with Crippen LogP contribution in [-0.4, -0.2) is 31.9 Å². The van der Waals surface area contributed by atoms with Crippen LogP contribution in [0.2, 0.25) is 0 Å². The van der Waals surface area contributed by atoms with Crippen LogP contribution in [0.25, 0.3) is 0 Å². The molecule has 1 saturated heterocycles. The number of hydrogen-bond acceptors (Lipinski definition) is 4. The van der Waals surface area contributed by atoms with Crippen LogP contribution in [0.1, 0.15) is 50.7 Å². The minimum Gasteiger partial charge on any atom is -0.464 e. The van der Waals surface area contributed by atoms with E-state index >= 15 is 0 Å². The number of benzene rings is 1. The highest BCUT2D eigenvalue weighted by Gasteiger charge is 2.40. The summed E-state index contributed by atoms with van der Waals surface area (Å²) in [6.07, 6.45) is 5.91. The molecule has 1 aromatic rings. The lowest BCUT2D eigenvalue weighted by Gasteiger charge is -2.05. The predicted molar refractivity (Wildman–Crippen MR) is 84.6 cm³/mol. The molecule has 0 N–H and O–H groups in total. The van der Waals surface area contributed by atoms with Crippen LogP contribution in [0, 0.1) is 0 Å². The number of epoxide rings is 1. The smallest absolute Gasteiger partial charge is 0.332 e. The van der Waals surface area contributed by atoms with Gasteiger partial charge in [0.05, 0.1) is 13.2 Å². The molecule has 1 heterocycles. The molecule has 4 heteroatoms. The van der Waals surface area contributed by atoms with Gasteiger partial charge in [-0.1, -0.05) is 62.9 Å². The van der Waals surface area contributed by atoms with E-state index in [9.17, 15) is 4.79 Å². The van der Waals surface area contributed by atoms with Crippen molar-refractivity contribution in [1.82, 2.24) is 0 Å². The zero-order chi connectivity index (χ0) is 15.6. The fourth-order valence-electron chi connectivity index (χ4n) is 2.40. The number of ether oxygens (including phenoxy) is 3. The highest BCUT2D eigenvalue weighted by molar-refractivity contribution is 5.70. The lowest BCUT2D eigenvalue weighted by molar-refractivity contribution is -0.149. The molecule has 1 aliphatic heterocycles. The summed E-state index contributed by atoms with van der Waals surface area (Å²) in [6, 6.07) is 10.0.